The topological polar surface area (TPSA) is 104 Å². The van der Waals surface area contributed by atoms with Gasteiger partial charge in [0, 0.05) is 19.6 Å². The molecule has 0 spiro atoms. The lowest BCUT2D eigenvalue weighted by Crippen LogP contribution is -2.46. The highest BCUT2D eigenvalue weighted by atomic mass is 35.5. The molecule has 8 nitrogen and oxygen atoms in total. The Morgan fingerprint density at radius 1 is 1.12 bits per heavy atom. The molecule has 0 aliphatic rings. The second-order valence-electron chi connectivity index (χ2n) is 8.82. The summed E-state index contributed by atoms with van der Waals surface area (Å²) in [4.78, 5) is 43.7. The minimum absolute atomic E-state index is 0.00594. The quantitative estimate of drug-likeness (QED) is 0.569. The van der Waals surface area contributed by atoms with Crippen LogP contribution in [0.5, 0.6) is 0 Å². The number of hydrogen-bond acceptors (Lipinski definition) is 5. The molecule has 0 atom stereocenters. The van der Waals surface area contributed by atoms with E-state index in [0.29, 0.717) is 23.1 Å². The first-order valence-corrected chi connectivity index (χ1v) is 11.2. The van der Waals surface area contributed by atoms with Crippen LogP contribution >= 0.6 is 23.2 Å². The van der Waals surface area contributed by atoms with E-state index in [1.165, 1.54) is 9.47 Å². The molecule has 10 heteroatoms. The van der Waals surface area contributed by atoms with Gasteiger partial charge in [0.15, 0.2) is 5.69 Å². The Balaban J connectivity index is 2.35. The highest BCUT2D eigenvalue weighted by Crippen LogP contribution is 2.23. The van der Waals surface area contributed by atoms with E-state index in [1.54, 1.807) is 19.2 Å². The van der Waals surface area contributed by atoms with Gasteiger partial charge in [0.05, 0.1) is 16.6 Å². The molecule has 0 unspecified atom stereocenters. The van der Waals surface area contributed by atoms with Crippen LogP contribution in [0, 0.1) is 11.8 Å². The summed E-state index contributed by atoms with van der Waals surface area (Å²) in [7, 11) is 1.79. The van der Waals surface area contributed by atoms with Gasteiger partial charge in [-0.1, -0.05) is 57.0 Å². The van der Waals surface area contributed by atoms with Gasteiger partial charge in [0.1, 0.15) is 5.82 Å². The van der Waals surface area contributed by atoms with Crippen molar-refractivity contribution in [2.24, 2.45) is 11.8 Å². The van der Waals surface area contributed by atoms with Crippen LogP contribution in [-0.4, -0.2) is 40.5 Å². The number of nitrogen functional groups attached to an aromatic ring is 1. The Kier molecular flexibility index (Phi) is 8.95. The molecule has 0 aliphatic carbocycles. The molecule has 176 valence electrons. The molecular formula is C22H31Cl2N5O3. The standard InChI is InChI=1S/C22H31Cl2N5O3/c1-13(2)9-28(19-20(25)29(10-14(3)4)22(32)26-21(19)31)18(30)12-27(5)11-15-6-7-16(23)17(24)8-15/h6-8,13-14H,9-12,25H2,1-5H3,(H,26,31,32). The van der Waals surface area contributed by atoms with E-state index in [9.17, 15) is 14.4 Å². The molecule has 0 fully saturated rings. The maximum atomic E-state index is 13.3. The number of carbonyl (C=O) groups is 1. The normalized spacial score (nSPS) is 11.6. The van der Waals surface area contributed by atoms with Gasteiger partial charge >= 0.3 is 5.69 Å². The zero-order valence-electron chi connectivity index (χ0n) is 19.1. The first kappa shape index (κ1) is 26.0. The second kappa shape index (κ2) is 11.0. The monoisotopic (exact) mass is 483 g/mol. The van der Waals surface area contributed by atoms with Crippen molar-refractivity contribution in [1.29, 1.82) is 0 Å². The van der Waals surface area contributed by atoms with Crippen LogP contribution in [0.25, 0.3) is 0 Å². The number of anilines is 2. The predicted molar refractivity (Wildman–Crippen MR) is 131 cm³/mol. The fourth-order valence-corrected chi connectivity index (χ4v) is 3.71. The minimum atomic E-state index is -0.673. The van der Waals surface area contributed by atoms with Crippen LogP contribution in [0.2, 0.25) is 10.0 Å². The summed E-state index contributed by atoms with van der Waals surface area (Å²) in [5.41, 5.74) is 5.89. The van der Waals surface area contributed by atoms with E-state index >= 15 is 0 Å². The second-order valence-corrected chi connectivity index (χ2v) is 9.63. The summed E-state index contributed by atoms with van der Waals surface area (Å²) >= 11 is 12.1. The van der Waals surface area contributed by atoms with Crippen molar-refractivity contribution in [2.75, 3.05) is 30.8 Å². The fraction of sp³-hybridized carbons (Fsp3) is 0.500. The van der Waals surface area contributed by atoms with E-state index < -0.39 is 11.2 Å². The van der Waals surface area contributed by atoms with Crippen LogP contribution in [0.15, 0.2) is 27.8 Å². The summed E-state index contributed by atoms with van der Waals surface area (Å²) in [6, 6.07) is 5.30. The van der Waals surface area contributed by atoms with Crippen molar-refractivity contribution in [3.8, 4) is 0 Å². The van der Waals surface area contributed by atoms with Gasteiger partial charge in [-0.3, -0.25) is 24.0 Å². The number of nitrogens with zero attached hydrogens (tertiary/aromatic N) is 3. The minimum Gasteiger partial charge on any atom is -0.383 e. The Morgan fingerprint density at radius 3 is 2.34 bits per heavy atom. The van der Waals surface area contributed by atoms with Gasteiger partial charge in [-0.05, 0) is 36.6 Å². The molecule has 0 aliphatic heterocycles. The number of amides is 1. The molecule has 0 saturated heterocycles. The lowest BCUT2D eigenvalue weighted by atomic mass is 10.2. The van der Waals surface area contributed by atoms with E-state index in [-0.39, 0.29) is 42.3 Å². The molecule has 0 radical (unpaired) electrons. The number of nitrogens with one attached hydrogen (secondary N) is 1. The van der Waals surface area contributed by atoms with Crippen molar-refractivity contribution in [3.05, 3.63) is 54.6 Å². The number of halogens is 2. The summed E-state index contributed by atoms with van der Waals surface area (Å²) in [5, 5.41) is 0.903. The van der Waals surface area contributed by atoms with Crippen molar-refractivity contribution >= 4 is 40.6 Å². The fourth-order valence-electron chi connectivity index (χ4n) is 3.39. The number of aromatic amines is 1. The molecule has 2 rings (SSSR count). The molecule has 1 aromatic carbocycles. The number of rotatable bonds is 9. The van der Waals surface area contributed by atoms with E-state index in [2.05, 4.69) is 4.98 Å². The number of aromatic nitrogens is 2. The molecular weight excluding hydrogens is 453 g/mol. The third-order valence-electron chi connectivity index (χ3n) is 4.72. The Hall–Kier alpha value is -2.29. The first-order chi connectivity index (χ1) is 14.9. The third kappa shape index (κ3) is 6.60. The molecule has 1 aromatic heterocycles. The predicted octanol–water partition coefficient (Wildman–Crippen LogP) is 3.20. The number of carbonyl (C=O) groups excluding carboxylic acids is 1. The summed E-state index contributed by atoms with van der Waals surface area (Å²) < 4.78 is 1.31. The summed E-state index contributed by atoms with van der Waals surface area (Å²) in [6.45, 7) is 8.85. The highest BCUT2D eigenvalue weighted by molar-refractivity contribution is 6.42. The van der Waals surface area contributed by atoms with Crippen LogP contribution < -0.4 is 21.9 Å². The average molecular weight is 484 g/mol. The zero-order valence-corrected chi connectivity index (χ0v) is 20.6. The van der Waals surface area contributed by atoms with Crippen molar-refractivity contribution < 1.29 is 4.79 Å². The van der Waals surface area contributed by atoms with Gasteiger partial charge in [0.2, 0.25) is 5.91 Å². The smallest absolute Gasteiger partial charge is 0.330 e. The maximum Gasteiger partial charge on any atom is 0.330 e. The molecule has 0 saturated carbocycles. The number of likely N-dealkylation sites (N-methyl/N-ethyl adjacent to an activating group) is 1. The van der Waals surface area contributed by atoms with Gasteiger partial charge in [-0.15, -0.1) is 0 Å². The Morgan fingerprint density at radius 2 is 1.78 bits per heavy atom. The third-order valence-corrected chi connectivity index (χ3v) is 5.46. The number of benzene rings is 1. The average Bonchev–Trinajstić information content (AvgIpc) is 2.66. The van der Waals surface area contributed by atoms with Crippen LogP contribution in [0.1, 0.15) is 33.3 Å². The van der Waals surface area contributed by atoms with Crippen molar-refractivity contribution in [2.45, 2.75) is 40.8 Å². The zero-order chi connectivity index (χ0) is 24.2. The number of H-pyrrole nitrogens is 1. The Bertz CT molecular complexity index is 1080. The van der Waals surface area contributed by atoms with Crippen molar-refractivity contribution in [3.63, 3.8) is 0 Å². The molecule has 32 heavy (non-hydrogen) atoms. The first-order valence-electron chi connectivity index (χ1n) is 10.5. The Labute approximate surface area is 197 Å². The highest BCUT2D eigenvalue weighted by Gasteiger charge is 2.26. The SMILES string of the molecule is CC(C)CN(C(=O)CN(C)Cc1ccc(Cl)c(Cl)c1)c1c(N)n(CC(C)C)c(=O)[nH]c1=O. The number of hydrogen-bond donors (Lipinski definition) is 2. The van der Waals surface area contributed by atoms with E-state index in [1.807, 2.05) is 38.7 Å². The molecule has 3 N–H and O–H groups in total. The van der Waals surface area contributed by atoms with Gasteiger partial charge in [0.25, 0.3) is 5.56 Å². The van der Waals surface area contributed by atoms with E-state index in [4.69, 9.17) is 28.9 Å². The van der Waals surface area contributed by atoms with Crippen LogP contribution in [0.3, 0.4) is 0 Å². The largest absolute Gasteiger partial charge is 0.383 e. The molecule has 2 aromatic rings. The van der Waals surface area contributed by atoms with Crippen LogP contribution in [0.4, 0.5) is 11.5 Å². The summed E-state index contributed by atoms with van der Waals surface area (Å²) in [6.07, 6.45) is 0. The lowest BCUT2D eigenvalue weighted by Gasteiger charge is -2.28. The number of nitrogens with two attached hydrogens (primary N) is 1. The lowest BCUT2D eigenvalue weighted by molar-refractivity contribution is -0.119. The molecule has 1 amide bonds. The van der Waals surface area contributed by atoms with E-state index in [0.717, 1.165) is 5.56 Å². The molecule has 0 bridgehead atoms. The van der Waals surface area contributed by atoms with Gasteiger partial charge in [-0.2, -0.15) is 0 Å². The maximum absolute atomic E-state index is 13.3. The molecule has 1 heterocycles. The van der Waals surface area contributed by atoms with Crippen molar-refractivity contribution in [1.82, 2.24) is 14.5 Å². The van der Waals surface area contributed by atoms with Crippen LogP contribution in [-0.2, 0) is 17.9 Å². The summed E-state index contributed by atoms with van der Waals surface area (Å²) in [5.74, 6) is -0.106. The van der Waals surface area contributed by atoms with Gasteiger partial charge in [-0.25, -0.2) is 4.79 Å². The van der Waals surface area contributed by atoms with Gasteiger partial charge < -0.3 is 10.6 Å².